The average molecular weight is 305 g/mol. The molecule has 1 fully saturated rings. The summed E-state index contributed by atoms with van der Waals surface area (Å²) in [6.07, 6.45) is 1.33. The van der Waals surface area contributed by atoms with E-state index in [1.807, 2.05) is 13.0 Å². The third kappa shape index (κ3) is 3.30. The molecule has 1 N–H and O–H groups in total. The summed E-state index contributed by atoms with van der Waals surface area (Å²) >= 11 is 0. The number of ether oxygens (including phenoxy) is 2. The van der Waals surface area contributed by atoms with Gasteiger partial charge in [0.05, 0.1) is 24.2 Å². The molecule has 120 valence electrons. The highest BCUT2D eigenvalue weighted by Crippen LogP contribution is 2.35. The highest BCUT2D eigenvalue weighted by molar-refractivity contribution is 5.91. The minimum absolute atomic E-state index is 0.211. The van der Waals surface area contributed by atoms with Gasteiger partial charge in [-0.1, -0.05) is 12.1 Å². The molecule has 0 aliphatic carbocycles. The third-order valence-corrected chi connectivity index (χ3v) is 4.05. The lowest BCUT2D eigenvalue weighted by atomic mass is 9.73. The van der Waals surface area contributed by atoms with E-state index in [1.54, 1.807) is 25.1 Å². The van der Waals surface area contributed by atoms with Crippen molar-refractivity contribution in [2.24, 2.45) is 0 Å². The normalized spacial score (nSPS) is 16.8. The van der Waals surface area contributed by atoms with Crippen molar-refractivity contribution in [3.63, 3.8) is 0 Å². The summed E-state index contributed by atoms with van der Waals surface area (Å²) in [5.74, 6) is -0.574. The first-order valence-corrected chi connectivity index (χ1v) is 7.79. The Labute approximate surface area is 131 Å². The molecule has 2 rings (SSSR count). The topological polar surface area (TPSA) is 64.6 Å². The first-order chi connectivity index (χ1) is 10.6. The average Bonchev–Trinajstić information content (AvgIpc) is 2.56. The molecule has 0 atom stereocenters. The van der Waals surface area contributed by atoms with Crippen LogP contribution >= 0.6 is 0 Å². The standard InChI is InChI=1S/C17H23NO4/c1-3-21-15(19)13-6-5-7-14(12-13)17(16(20)22-4-2)8-10-18-11-9-17/h5-7,12,18H,3-4,8-11H2,1-2H3. The second-order valence-corrected chi connectivity index (χ2v) is 5.35. The molecule has 1 aliphatic heterocycles. The Morgan fingerprint density at radius 2 is 1.82 bits per heavy atom. The number of nitrogens with one attached hydrogen (secondary N) is 1. The zero-order chi connectivity index (χ0) is 16.0. The van der Waals surface area contributed by atoms with E-state index in [0.717, 1.165) is 18.7 Å². The second-order valence-electron chi connectivity index (χ2n) is 5.35. The summed E-state index contributed by atoms with van der Waals surface area (Å²) in [5, 5.41) is 3.26. The molecule has 1 aromatic rings. The number of piperidine rings is 1. The van der Waals surface area contributed by atoms with E-state index in [1.165, 1.54) is 0 Å². The van der Waals surface area contributed by atoms with Gasteiger partial charge in [-0.05, 0) is 57.5 Å². The largest absolute Gasteiger partial charge is 0.465 e. The molecule has 0 bridgehead atoms. The summed E-state index contributed by atoms with van der Waals surface area (Å²) < 4.78 is 10.3. The van der Waals surface area contributed by atoms with Crippen molar-refractivity contribution in [2.45, 2.75) is 32.1 Å². The van der Waals surface area contributed by atoms with Crippen molar-refractivity contribution in [1.82, 2.24) is 5.32 Å². The molecule has 1 aliphatic rings. The fourth-order valence-electron chi connectivity index (χ4n) is 2.89. The van der Waals surface area contributed by atoms with Crippen LogP contribution in [0.5, 0.6) is 0 Å². The number of carbonyl (C=O) groups is 2. The fourth-order valence-corrected chi connectivity index (χ4v) is 2.89. The summed E-state index contributed by atoms with van der Waals surface area (Å²) in [6, 6.07) is 7.16. The van der Waals surface area contributed by atoms with Gasteiger partial charge in [-0.25, -0.2) is 4.79 Å². The lowest BCUT2D eigenvalue weighted by Gasteiger charge is -2.35. The smallest absolute Gasteiger partial charge is 0.338 e. The maximum absolute atomic E-state index is 12.6. The van der Waals surface area contributed by atoms with E-state index in [0.29, 0.717) is 31.6 Å². The van der Waals surface area contributed by atoms with Crippen molar-refractivity contribution < 1.29 is 19.1 Å². The Bertz CT molecular complexity index is 535. The van der Waals surface area contributed by atoms with Crippen molar-refractivity contribution in [3.8, 4) is 0 Å². The number of carbonyl (C=O) groups excluding carboxylic acids is 2. The first kappa shape index (κ1) is 16.5. The first-order valence-electron chi connectivity index (χ1n) is 7.79. The van der Waals surface area contributed by atoms with Gasteiger partial charge in [-0.3, -0.25) is 4.79 Å². The van der Waals surface area contributed by atoms with Gasteiger partial charge in [0, 0.05) is 0 Å². The number of hydrogen-bond acceptors (Lipinski definition) is 5. The molecule has 0 radical (unpaired) electrons. The number of esters is 2. The fraction of sp³-hybridized carbons (Fsp3) is 0.529. The van der Waals surface area contributed by atoms with Crippen molar-refractivity contribution in [3.05, 3.63) is 35.4 Å². The molecule has 22 heavy (non-hydrogen) atoms. The molecular formula is C17H23NO4. The Hall–Kier alpha value is -1.88. The molecule has 0 amide bonds. The summed E-state index contributed by atoms with van der Waals surface area (Å²) in [6.45, 7) is 5.77. The predicted octanol–water partition coefficient (Wildman–Crippen LogP) is 2.05. The Morgan fingerprint density at radius 3 is 2.45 bits per heavy atom. The molecule has 1 saturated heterocycles. The van der Waals surface area contributed by atoms with E-state index in [-0.39, 0.29) is 11.9 Å². The Balaban J connectivity index is 2.37. The third-order valence-electron chi connectivity index (χ3n) is 4.05. The quantitative estimate of drug-likeness (QED) is 0.844. The maximum Gasteiger partial charge on any atom is 0.338 e. The molecule has 5 nitrogen and oxygen atoms in total. The van der Waals surface area contributed by atoms with Gasteiger partial charge in [0.15, 0.2) is 0 Å². The highest BCUT2D eigenvalue weighted by Gasteiger charge is 2.42. The molecule has 1 aromatic carbocycles. The number of benzene rings is 1. The van der Waals surface area contributed by atoms with Gasteiger partial charge in [0.2, 0.25) is 0 Å². The van der Waals surface area contributed by atoms with Crippen molar-refractivity contribution in [1.29, 1.82) is 0 Å². The van der Waals surface area contributed by atoms with Crippen molar-refractivity contribution >= 4 is 11.9 Å². The van der Waals surface area contributed by atoms with E-state index in [4.69, 9.17) is 9.47 Å². The van der Waals surface area contributed by atoms with Gasteiger partial charge >= 0.3 is 11.9 Å². The van der Waals surface area contributed by atoms with Crippen LogP contribution in [0.25, 0.3) is 0 Å². The predicted molar refractivity (Wildman–Crippen MR) is 82.8 cm³/mol. The number of hydrogen-bond donors (Lipinski definition) is 1. The molecule has 0 saturated carbocycles. The highest BCUT2D eigenvalue weighted by atomic mass is 16.5. The Morgan fingerprint density at radius 1 is 1.14 bits per heavy atom. The van der Waals surface area contributed by atoms with Crippen molar-refractivity contribution in [2.75, 3.05) is 26.3 Å². The molecule has 0 unspecified atom stereocenters. The van der Waals surface area contributed by atoms with Gasteiger partial charge in [-0.2, -0.15) is 0 Å². The van der Waals surface area contributed by atoms with E-state index in [9.17, 15) is 9.59 Å². The molecule has 1 heterocycles. The molecular weight excluding hydrogens is 282 g/mol. The minimum atomic E-state index is -0.677. The lowest BCUT2D eigenvalue weighted by Crippen LogP contribution is -2.46. The monoisotopic (exact) mass is 305 g/mol. The maximum atomic E-state index is 12.6. The Kier molecular flexibility index (Phi) is 5.55. The molecule has 5 heteroatoms. The van der Waals surface area contributed by atoms with Crippen LogP contribution in [0.1, 0.15) is 42.6 Å². The number of rotatable bonds is 5. The van der Waals surface area contributed by atoms with Crippen LogP contribution in [0.4, 0.5) is 0 Å². The van der Waals surface area contributed by atoms with Crippen LogP contribution in [0.3, 0.4) is 0 Å². The van der Waals surface area contributed by atoms with Crippen LogP contribution in [0, 0.1) is 0 Å². The molecule has 0 spiro atoms. The van der Waals surface area contributed by atoms with E-state index < -0.39 is 5.41 Å². The van der Waals surface area contributed by atoms with Crippen LogP contribution in [0.15, 0.2) is 24.3 Å². The van der Waals surface area contributed by atoms with Gasteiger partial charge in [-0.15, -0.1) is 0 Å². The van der Waals surface area contributed by atoms with Crippen LogP contribution in [-0.4, -0.2) is 38.2 Å². The summed E-state index contributed by atoms with van der Waals surface area (Å²) in [7, 11) is 0. The van der Waals surface area contributed by atoms with Gasteiger partial charge in [0.25, 0.3) is 0 Å². The van der Waals surface area contributed by atoms with Gasteiger partial charge < -0.3 is 14.8 Å². The van der Waals surface area contributed by atoms with Crippen LogP contribution in [-0.2, 0) is 19.7 Å². The zero-order valence-corrected chi connectivity index (χ0v) is 13.2. The SMILES string of the molecule is CCOC(=O)c1cccc(C2(C(=O)OCC)CCNCC2)c1. The lowest BCUT2D eigenvalue weighted by molar-refractivity contribution is -0.151. The zero-order valence-electron chi connectivity index (χ0n) is 13.2. The summed E-state index contributed by atoms with van der Waals surface area (Å²) in [4.78, 5) is 24.5. The van der Waals surface area contributed by atoms with E-state index >= 15 is 0 Å². The van der Waals surface area contributed by atoms with Crippen LogP contribution in [0.2, 0.25) is 0 Å². The van der Waals surface area contributed by atoms with Crippen LogP contribution < -0.4 is 5.32 Å². The van der Waals surface area contributed by atoms with Gasteiger partial charge in [0.1, 0.15) is 0 Å². The summed E-state index contributed by atoms with van der Waals surface area (Å²) in [5.41, 5.74) is 0.628. The minimum Gasteiger partial charge on any atom is -0.465 e. The second kappa shape index (κ2) is 7.40. The van der Waals surface area contributed by atoms with E-state index in [2.05, 4.69) is 5.32 Å². The molecule has 0 aromatic heterocycles.